The van der Waals surface area contributed by atoms with Crippen LogP contribution in [0.3, 0.4) is 0 Å². The van der Waals surface area contributed by atoms with Gasteiger partial charge in [0.05, 0.1) is 0 Å². The van der Waals surface area contributed by atoms with Gasteiger partial charge in [-0.05, 0) is 30.7 Å². The monoisotopic (exact) mass is 369 g/mol. The van der Waals surface area contributed by atoms with Crippen molar-refractivity contribution in [1.29, 1.82) is 0 Å². The molecule has 27 heavy (non-hydrogen) atoms. The second kappa shape index (κ2) is 8.22. The van der Waals surface area contributed by atoms with E-state index in [0.717, 1.165) is 11.1 Å². The summed E-state index contributed by atoms with van der Waals surface area (Å²) >= 11 is 0. The van der Waals surface area contributed by atoms with Gasteiger partial charge in [-0.2, -0.15) is 0 Å². The van der Waals surface area contributed by atoms with E-state index >= 15 is 0 Å². The second-order valence-electron chi connectivity index (χ2n) is 6.76. The van der Waals surface area contributed by atoms with E-state index in [-0.39, 0.29) is 12.8 Å². The van der Waals surface area contributed by atoms with E-state index in [1.54, 1.807) is 24.3 Å². The fourth-order valence-electron chi connectivity index (χ4n) is 3.10. The van der Waals surface area contributed by atoms with Gasteiger partial charge in [0.25, 0.3) is 5.91 Å². The van der Waals surface area contributed by atoms with Crippen LogP contribution in [0.1, 0.15) is 34.3 Å². The number of amides is 1. The van der Waals surface area contributed by atoms with Crippen molar-refractivity contribution in [3.8, 4) is 5.75 Å². The number of aryl methyl sites for hydroxylation is 1. The van der Waals surface area contributed by atoms with E-state index in [4.69, 9.17) is 9.47 Å². The summed E-state index contributed by atoms with van der Waals surface area (Å²) < 4.78 is 11.0. The number of hydrogen-bond acceptors (Lipinski definition) is 4. The highest BCUT2D eigenvalue weighted by Gasteiger charge is 2.41. The zero-order valence-electron chi connectivity index (χ0n) is 15.2. The van der Waals surface area contributed by atoms with Gasteiger partial charge in [-0.1, -0.05) is 35.9 Å². The van der Waals surface area contributed by atoms with E-state index in [2.05, 4.69) is 5.32 Å². The van der Waals surface area contributed by atoms with Crippen molar-refractivity contribution in [2.75, 3.05) is 13.2 Å². The lowest BCUT2D eigenvalue weighted by atomic mass is 9.89. The molecule has 0 saturated carbocycles. The Morgan fingerprint density at radius 3 is 2.59 bits per heavy atom. The minimum Gasteiger partial charge on any atom is -0.489 e. The summed E-state index contributed by atoms with van der Waals surface area (Å²) in [5.74, 6) is -0.910. The summed E-state index contributed by atoms with van der Waals surface area (Å²) in [5, 5.41) is 12.3. The lowest BCUT2D eigenvalue weighted by Gasteiger charge is -2.33. The standard InChI is InChI=1S/C21H23NO5/c1-15-4-2-5-16(12-15)14-27-18-7-3-6-17(13-18)19(23)22-21(20(24)25)8-10-26-11-9-21/h2-7,12-13H,8-11,14H2,1H3,(H,22,23)(H,24,25). The highest BCUT2D eigenvalue weighted by molar-refractivity contribution is 5.98. The molecule has 6 nitrogen and oxygen atoms in total. The van der Waals surface area contributed by atoms with Crippen LogP contribution >= 0.6 is 0 Å². The van der Waals surface area contributed by atoms with E-state index in [9.17, 15) is 14.7 Å². The Labute approximate surface area is 158 Å². The number of carboxylic acid groups (broad SMARTS) is 1. The summed E-state index contributed by atoms with van der Waals surface area (Å²) in [6.07, 6.45) is 0.495. The normalized spacial score (nSPS) is 15.7. The summed E-state index contributed by atoms with van der Waals surface area (Å²) in [7, 11) is 0. The molecular formula is C21H23NO5. The summed E-state index contributed by atoms with van der Waals surface area (Å²) in [4.78, 5) is 24.3. The Hall–Kier alpha value is -2.86. The molecule has 1 amide bonds. The molecule has 1 saturated heterocycles. The number of hydrogen-bond donors (Lipinski definition) is 2. The molecule has 0 aromatic heterocycles. The van der Waals surface area contributed by atoms with Gasteiger partial charge in [0.15, 0.2) is 0 Å². The summed E-state index contributed by atoms with van der Waals surface area (Å²) in [6.45, 7) is 3.03. The van der Waals surface area contributed by atoms with Crippen LogP contribution < -0.4 is 10.1 Å². The molecule has 2 aromatic rings. The molecule has 1 fully saturated rings. The first-order valence-corrected chi connectivity index (χ1v) is 8.91. The van der Waals surface area contributed by atoms with Crippen molar-refractivity contribution in [2.24, 2.45) is 0 Å². The molecule has 1 heterocycles. The van der Waals surface area contributed by atoms with Crippen LogP contribution in [0.5, 0.6) is 5.75 Å². The van der Waals surface area contributed by atoms with Crippen molar-refractivity contribution in [3.63, 3.8) is 0 Å². The minimum absolute atomic E-state index is 0.248. The highest BCUT2D eigenvalue weighted by Crippen LogP contribution is 2.23. The molecule has 142 valence electrons. The second-order valence-corrected chi connectivity index (χ2v) is 6.76. The van der Waals surface area contributed by atoms with Crippen molar-refractivity contribution in [3.05, 3.63) is 65.2 Å². The van der Waals surface area contributed by atoms with E-state index in [0.29, 0.717) is 31.1 Å². The summed E-state index contributed by atoms with van der Waals surface area (Å²) in [6, 6.07) is 14.8. The smallest absolute Gasteiger partial charge is 0.329 e. The number of carbonyl (C=O) groups is 2. The van der Waals surface area contributed by atoms with Gasteiger partial charge in [0.1, 0.15) is 17.9 Å². The molecule has 0 atom stereocenters. The fourth-order valence-corrected chi connectivity index (χ4v) is 3.10. The average Bonchev–Trinajstić information content (AvgIpc) is 2.67. The molecule has 6 heteroatoms. The van der Waals surface area contributed by atoms with Crippen molar-refractivity contribution < 1.29 is 24.2 Å². The van der Waals surface area contributed by atoms with Crippen LogP contribution in [0.25, 0.3) is 0 Å². The number of aliphatic carboxylic acids is 1. The fraction of sp³-hybridized carbons (Fsp3) is 0.333. The number of benzene rings is 2. The number of rotatable bonds is 6. The number of ether oxygens (including phenoxy) is 2. The third-order valence-corrected chi connectivity index (χ3v) is 4.69. The molecule has 0 spiro atoms. The topological polar surface area (TPSA) is 84.9 Å². The zero-order chi connectivity index (χ0) is 19.3. The van der Waals surface area contributed by atoms with Crippen LogP contribution in [0, 0.1) is 6.92 Å². The molecule has 0 aliphatic carbocycles. The van der Waals surface area contributed by atoms with Gasteiger partial charge < -0.3 is 19.9 Å². The average molecular weight is 369 g/mol. The molecule has 3 rings (SSSR count). The molecule has 2 N–H and O–H groups in total. The first-order chi connectivity index (χ1) is 13.0. The maximum absolute atomic E-state index is 12.6. The van der Waals surface area contributed by atoms with Crippen LogP contribution in [0.15, 0.2) is 48.5 Å². The Morgan fingerprint density at radius 1 is 1.15 bits per heavy atom. The molecule has 0 unspecified atom stereocenters. The first kappa shape index (κ1) is 18.9. The van der Waals surface area contributed by atoms with Crippen LogP contribution in [-0.2, 0) is 16.1 Å². The van der Waals surface area contributed by atoms with Crippen molar-refractivity contribution in [1.82, 2.24) is 5.32 Å². The number of carbonyl (C=O) groups excluding carboxylic acids is 1. The van der Waals surface area contributed by atoms with Crippen LogP contribution in [-0.4, -0.2) is 35.7 Å². The molecule has 0 radical (unpaired) electrons. The predicted octanol–water partition coefficient (Wildman–Crippen LogP) is 2.94. The first-order valence-electron chi connectivity index (χ1n) is 8.91. The van der Waals surface area contributed by atoms with Gasteiger partial charge in [-0.15, -0.1) is 0 Å². The zero-order valence-corrected chi connectivity index (χ0v) is 15.2. The van der Waals surface area contributed by atoms with Crippen LogP contribution in [0.4, 0.5) is 0 Å². The Bertz CT molecular complexity index is 827. The highest BCUT2D eigenvalue weighted by atomic mass is 16.5. The third-order valence-electron chi connectivity index (χ3n) is 4.69. The minimum atomic E-state index is -1.28. The number of nitrogens with one attached hydrogen (secondary N) is 1. The van der Waals surface area contributed by atoms with Gasteiger partial charge >= 0.3 is 5.97 Å². The molecule has 1 aliphatic rings. The maximum atomic E-state index is 12.6. The molecule has 0 bridgehead atoms. The predicted molar refractivity (Wildman–Crippen MR) is 99.8 cm³/mol. The van der Waals surface area contributed by atoms with Crippen molar-refractivity contribution >= 4 is 11.9 Å². The van der Waals surface area contributed by atoms with E-state index in [1.165, 1.54) is 0 Å². The molecule has 1 aliphatic heterocycles. The summed E-state index contributed by atoms with van der Waals surface area (Å²) in [5.41, 5.74) is 1.27. The third kappa shape index (κ3) is 4.65. The van der Waals surface area contributed by atoms with E-state index < -0.39 is 17.4 Å². The number of carboxylic acids is 1. The van der Waals surface area contributed by atoms with Gasteiger partial charge in [-0.3, -0.25) is 4.79 Å². The lowest BCUT2D eigenvalue weighted by Crippen LogP contribution is -2.57. The van der Waals surface area contributed by atoms with E-state index in [1.807, 2.05) is 31.2 Å². The Balaban J connectivity index is 1.68. The van der Waals surface area contributed by atoms with Gasteiger partial charge in [-0.25, -0.2) is 4.79 Å². The molecular weight excluding hydrogens is 346 g/mol. The van der Waals surface area contributed by atoms with Crippen molar-refractivity contribution in [2.45, 2.75) is 31.9 Å². The SMILES string of the molecule is Cc1cccc(COc2cccc(C(=O)NC3(C(=O)O)CCOCC3)c2)c1. The lowest BCUT2D eigenvalue weighted by molar-refractivity contribution is -0.148. The Morgan fingerprint density at radius 2 is 1.89 bits per heavy atom. The van der Waals surface area contributed by atoms with Gasteiger partial charge in [0.2, 0.25) is 0 Å². The quantitative estimate of drug-likeness (QED) is 0.818. The largest absolute Gasteiger partial charge is 0.489 e. The van der Waals surface area contributed by atoms with Gasteiger partial charge in [0, 0.05) is 31.6 Å². The van der Waals surface area contributed by atoms with Crippen LogP contribution in [0.2, 0.25) is 0 Å². The maximum Gasteiger partial charge on any atom is 0.329 e. The Kier molecular flexibility index (Phi) is 5.76. The molecule has 2 aromatic carbocycles.